The highest BCUT2D eigenvalue weighted by Crippen LogP contribution is 2.23. The SMILES string of the molecule is CC1CCCN(C(=O)Cc2ccc(Cl)cc2)C1CN. The van der Waals surface area contributed by atoms with E-state index in [2.05, 4.69) is 6.92 Å². The van der Waals surface area contributed by atoms with Crippen molar-refractivity contribution < 1.29 is 4.79 Å². The minimum atomic E-state index is 0.171. The molecule has 0 bridgehead atoms. The number of rotatable bonds is 3. The van der Waals surface area contributed by atoms with Gasteiger partial charge in [0.15, 0.2) is 0 Å². The van der Waals surface area contributed by atoms with Crippen LogP contribution >= 0.6 is 11.6 Å². The quantitative estimate of drug-likeness (QED) is 0.924. The van der Waals surface area contributed by atoms with Gasteiger partial charge in [0, 0.05) is 24.2 Å². The molecule has 2 atom stereocenters. The number of halogens is 1. The highest BCUT2D eigenvalue weighted by molar-refractivity contribution is 6.30. The lowest BCUT2D eigenvalue weighted by Crippen LogP contribution is -2.51. The fourth-order valence-corrected chi connectivity index (χ4v) is 2.92. The van der Waals surface area contributed by atoms with E-state index in [9.17, 15) is 4.79 Å². The Morgan fingerprint density at radius 2 is 2.11 bits per heavy atom. The van der Waals surface area contributed by atoms with Gasteiger partial charge in [-0.3, -0.25) is 4.79 Å². The summed E-state index contributed by atoms with van der Waals surface area (Å²) in [7, 11) is 0. The van der Waals surface area contributed by atoms with E-state index >= 15 is 0 Å². The monoisotopic (exact) mass is 280 g/mol. The lowest BCUT2D eigenvalue weighted by molar-refractivity contribution is -0.135. The normalized spacial score (nSPS) is 23.4. The molecule has 1 aliphatic heterocycles. The van der Waals surface area contributed by atoms with Gasteiger partial charge in [0.25, 0.3) is 0 Å². The number of likely N-dealkylation sites (tertiary alicyclic amines) is 1. The topological polar surface area (TPSA) is 46.3 Å². The van der Waals surface area contributed by atoms with Crippen LogP contribution in [-0.2, 0) is 11.2 Å². The van der Waals surface area contributed by atoms with Crippen LogP contribution in [0.2, 0.25) is 5.02 Å². The Hall–Kier alpha value is -1.06. The van der Waals surface area contributed by atoms with Gasteiger partial charge in [0.1, 0.15) is 0 Å². The highest BCUT2D eigenvalue weighted by atomic mass is 35.5. The number of hydrogen-bond acceptors (Lipinski definition) is 2. The van der Waals surface area contributed by atoms with Gasteiger partial charge in [0.05, 0.1) is 6.42 Å². The van der Waals surface area contributed by atoms with Crippen LogP contribution in [0.1, 0.15) is 25.3 Å². The standard InChI is InChI=1S/C15H21ClN2O/c1-11-3-2-8-18(14(11)10-17)15(19)9-12-4-6-13(16)7-5-12/h4-7,11,14H,2-3,8-10,17H2,1H3. The molecule has 19 heavy (non-hydrogen) atoms. The van der Waals surface area contributed by atoms with Gasteiger partial charge in [-0.05, 0) is 36.5 Å². The van der Waals surface area contributed by atoms with Gasteiger partial charge in [-0.25, -0.2) is 0 Å². The Balaban J connectivity index is 2.04. The van der Waals surface area contributed by atoms with E-state index in [0.717, 1.165) is 24.9 Å². The molecular formula is C15H21ClN2O. The van der Waals surface area contributed by atoms with E-state index < -0.39 is 0 Å². The molecule has 3 nitrogen and oxygen atoms in total. The Morgan fingerprint density at radius 3 is 2.74 bits per heavy atom. The number of piperidine rings is 1. The second kappa shape index (κ2) is 6.40. The van der Waals surface area contributed by atoms with Crippen LogP contribution in [0, 0.1) is 5.92 Å². The Kier molecular flexibility index (Phi) is 4.83. The summed E-state index contributed by atoms with van der Waals surface area (Å²) in [5, 5.41) is 0.697. The molecule has 1 fully saturated rings. The largest absolute Gasteiger partial charge is 0.338 e. The molecule has 1 aliphatic rings. The van der Waals surface area contributed by atoms with Crippen LogP contribution in [0.3, 0.4) is 0 Å². The third-order valence-electron chi connectivity index (χ3n) is 3.95. The molecule has 2 rings (SSSR count). The first-order chi connectivity index (χ1) is 9.11. The van der Waals surface area contributed by atoms with Crippen molar-refractivity contribution in [3.8, 4) is 0 Å². The Bertz CT molecular complexity index is 432. The van der Waals surface area contributed by atoms with E-state index in [1.165, 1.54) is 0 Å². The molecule has 0 spiro atoms. The molecule has 0 radical (unpaired) electrons. The molecule has 0 aliphatic carbocycles. The van der Waals surface area contributed by atoms with Gasteiger partial charge in [-0.2, -0.15) is 0 Å². The average molecular weight is 281 g/mol. The van der Waals surface area contributed by atoms with Crippen molar-refractivity contribution in [2.24, 2.45) is 11.7 Å². The van der Waals surface area contributed by atoms with E-state index in [0.29, 0.717) is 23.9 Å². The molecule has 1 aromatic rings. The summed E-state index contributed by atoms with van der Waals surface area (Å²) in [5.74, 6) is 0.664. The summed E-state index contributed by atoms with van der Waals surface area (Å²) in [6.07, 6.45) is 2.66. The maximum absolute atomic E-state index is 12.4. The maximum atomic E-state index is 12.4. The maximum Gasteiger partial charge on any atom is 0.227 e. The van der Waals surface area contributed by atoms with Crippen molar-refractivity contribution in [1.29, 1.82) is 0 Å². The van der Waals surface area contributed by atoms with Gasteiger partial charge < -0.3 is 10.6 Å². The van der Waals surface area contributed by atoms with Crippen molar-refractivity contribution in [2.75, 3.05) is 13.1 Å². The fraction of sp³-hybridized carbons (Fsp3) is 0.533. The van der Waals surface area contributed by atoms with Crippen LogP contribution < -0.4 is 5.73 Å². The minimum Gasteiger partial charge on any atom is -0.338 e. The number of hydrogen-bond donors (Lipinski definition) is 1. The van der Waals surface area contributed by atoms with E-state index in [1.807, 2.05) is 29.2 Å². The van der Waals surface area contributed by atoms with Gasteiger partial charge in [-0.15, -0.1) is 0 Å². The first-order valence-electron chi connectivity index (χ1n) is 6.86. The molecule has 0 aromatic heterocycles. The van der Waals surface area contributed by atoms with Gasteiger partial charge in [-0.1, -0.05) is 30.7 Å². The van der Waals surface area contributed by atoms with Gasteiger partial charge in [0.2, 0.25) is 5.91 Å². The number of benzene rings is 1. The summed E-state index contributed by atoms with van der Waals surface area (Å²) in [5.41, 5.74) is 6.83. The van der Waals surface area contributed by atoms with Crippen LogP contribution in [0.15, 0.2) is 24.3 Å². The molecule has 1 aromatic carbocycles. The summed E-state index contributed by atoms with van der Waals surface area (Å²) < 4.78 is 0. The van der Waals surface area contributed by atoms with Gasteiger partial charge >= 0.3 is 0 Å². The summed E-state index contributed by atoms with van der Waals surface area (Å²) >= 11 is 5.85. The molecule has 2 unspecified atom stereocenters. The fourth-order valence-electron chi connectivity index (χ4n) is 2.80. The Morgan fingerprint density at radius 1 is 1.42 bits per heavy atom. The predicted molar refractivity (Wildman–Crippen MR) is 78.1 cm³/mol. The average Bonchev–Trinajstić information content (AvgIpc) is 2.41. The second-order valence-corrected chi connectivity index (χ2v) is 5.75. The lowest BCUT2D eigenvalue weighted by atomic mass is 9.90. The zero-order valence-electron chi connectivity index (χ0n) is 11.3. The minimum absolute atomic E-state index is 0.171. The summed E-state index contributed by atoms with van der Waals surface area (Å²) in [4.78, 5) is 14.4. The third kappa shape index (κ3) is 3.48. The number of nitrogens with two attached hydrogens (primary N) is 1. The van der Waals surface area contributed by atoms with E-state index in [1.54, 1.807) is 0 Å². The first-order valence-corrected chi connectivity index (χ1v) is 7.23. The summed E-state index contributed by atoms with van der Waals surface area (Å²) in [6.45, 7) is 3.56. The number of carbonyl (C=O) groups excluding carboxylic acids is 1. The first kappa shape index (κ1) is 14.4. The molecule has 104 valence electrons. The number of amides is 1. The van der Waals surface area contributed by atoms with Crippen molar-refractivity contribution in [2.45, 2.75) is 32.2 Å². The van der Waals surface area contributed by atoms with Crippen molar-refractivity contribution in [1.82, 2.24) is 4.90 Å². The number of nitrogens with zero attached hydrogens (tertiary/aromatic N) is 1. The predicted octanol–water partition coefficient (Wildman–Crippen LogP) is 2.47. The van der Waals surface area contributed by atoms with E-state index in [-0.39, 0.29) is 11.9 Å². The van der Waals surface area contributed by atoms with Crippen LogP contribution in [0.5, 0.6) is 0 Å². The zero-order valence-corrected chi connectivity index (χ0v) is 12.1. The second-order valence-electron chi connectivity index (χ2n) is 5.31. The van der Waals surface area contributed by atoms with Crippen LogP contribution in [0.25, 0.3) is 0 Å². The van der Waals surface area contributed by atoms with Crippen LogP contribution in [0.4, 0.5) is 0 Å². The molecule has 1 amide bonds. The molecule has 1 heterocycles. The molecule has 0 saturated carbocycles. The highest BCUT2D eigenvalue weighted by Gasteiger charge is 2.30. The third-order valence-corrected chi connectivity index (χ3v) is 4.20. The van der Waals surface area contributed by atoms with Crippen molar-refractivity contribution in [3.63, 3.8) is 0 Å². The molecule has 1 saturated heterocycles. The van der Waals surface area contributed by atoms with Crippen molar-refractivity contribution >= 4 is 17.5 Å². The summed E-state index contributed by atoms with van der Waals surface area (Å²) in [6, 6.07) is 7.65. The van der Waals surface area contributed by atoms with E-state index in [4.69, 9.17) is 17.3 Å². The molecule has 2 N–H and O–H groups in total. The van der Waals surface area contributed by atoms with Crippen molar-refractivity contribution in [3.05, 3.63) is 34.9 Å². The lowest BCUT2D eigenvalue weighted by Gasteiger charge is -2.39. The molecule has 4 heteroatoms. The molecular weight excluding hydrogens is 260 g/mol. The Labute approximate surface area is 119 Å². The smallest absolute Gasteiger partial charge is 0.227 e. The van der Waals surface area contributed by atoms with Crippen LogP contribution in [-0.4, -0.2) is 29.9 Å². The number of carbonyl (C=O) groups is 1. The zero-order chi connectivity index (χ0) is 13.8.